The second kappa shape index (κ2) is 4.00. The third-order valence-electron chi connectivity index (χ3n) is 2.14. The van der Waals surface area contributed by atoms with Crippen molar-refractivity contribution in [2.45, 2.75) is 6.18 Å². The van der Waals surface area contributed by atoms with Crippen molar-refractivity contribution in [1.82, 2.24) is 10.2 Å². The van der Waals surface area contributed by atoms with Crippen LogP contribution >= 0.6 is 0 Å². The van der Waals surface area contributed by atoms with Gasteiger partial charge in [-0.3, -0.25) is 5.10 Å². The van der Waals surface area contributed by atoms with Crippen LogP contribution in [-0.2, 0) is 6.18 Å². The number of nitrogens with two attached hydrogens (primary N) is 1. The molecule has 2 aromatic rings. The number of nitrogen functional groups attached to an aromatic ring is 1. The molecule has 0 saturated heterocycles. The fourth-order valence-electron chi connectivity index (χ4n) is 1.32. The molecule has 0 aliphatic rings. The van der Waals surface area contributed by atoms with Gasteiger partial charge in [-0.2, -0.15) is 18.3 Å². The maximum absolute atomic E-state index is 12.5. The standard InChI is InChI=1S/C10H9F3N4/c11-10(12,13)6-2-1-3-7(4-6)16-8-5-15-17-9(8)14/h1-5,16H,(H3,14,15,17). The summed E-state index contributed by atoms with van der Waals surface area (Å²) in [6, 6.07) is 4.85. The second-order valence-corrected chi connectivity index (χ2v) is 3.40. The molecule has 1 aromatic carbocycles. The number of anilines is 3. The van der Waals surface area contributed by atoms with Crippen molar-refractivity contribution < 1.29 is 13.2 Å². The fourth-order valence-corrected chi connectivity index (χ4v) is 1.32. The number of hydrogen-bond donors (Lipinski definition) is 3. The SMILES string of the molecule is Nc1[nH]ncc1Nc1cccc(C(F)(F)F)c1. The summed E-state index contributed by atoms with van der Waals surface area (Å²) < 4.78 is 37.4. The number of alkyl halides is 3. The van der Waals surface area contributed by atoms with Gasteiger partial charge < -0.3 is 11.1 Å². The zero-order chi connectivity index (χ0) is 12.5. The van der Waals surface area contributed by atoms with Crippen LogP contribution in [0.3, 0.4) is 0 Å². The minimum absolute atomic E-state index is 0.266. The highest BCUT2D eigenvalue weighted by molar-refractivity contribution is 5.69. The second-order valence-electron chi connectivity index (χ2n) is 3.40. The number of H-pyrrole nitrogens is 1. The van der Waals surface area contributed by atoms with Crippen LogP contribution in [0.1, 0.15) is 5.56 Å². The van der Waals surface area contributed by atoms with Crippen LogP contribution < -0.4 is 11.1 Å². The predicted octanol–water partition coefficient (Wildman–Crippen LogP) is 2.75. The van der Waals surface area contributed by atoms with Crippen LogP contribution in [-0.4, -0.2) is 10.2 Å². The predicted molar refractivity (Wildman–Crippen MR) is 57.7 cm³/mol. The molecule has 0 spiro atoms. The summed E-state index contributed by atoms with van der Waals surface area (Å²) in [7, 11) is 0. The van der Waals surface area contributed by atoms with Gasteiger partial charge in [-0.05, 0) is 18.2 Å². The molecule has 0 saturated carbocycles. The normalized spacial score (nSPS) is 11.5. The Labute approximate surface area is 94.6 Å². The Morgan fingerprint density at radius 1 is 1.29 bits per heavy atom. The number of nitrogens with zero attached hydrogens (tertiary/aromatic N) is 1. The minimum atomic E-state index is -4.36. The summed E-state index contributed by atoms with van der Waals surface area (Å²) >= 11 is 0. The molecular weight excluding hydrogens is 233 g/mol. The fraction of sp³-hybridized carbons (Fsp3) is 0.100. The van der Waals surface area contributed by atoms with Crippen molar-refractivity contribution in [3.8, 4) is 0 Å². The number of aromatic nitrogens is 2. The highest BCUT2D eigenvalue weighted by atomic mass is 19.4. The van der Waals surface area contributed by atoms with E-state index in [1.54, 1.807) is 0 Å². The molecule has 0 fully saturated rings. The van der Waals surface area contributed by atoms with E-state index in [2.05, 4.69) is 15.5 Å². The van der Waals surface area contributed by atoms with E-state index in [-0.39, 0.29) is 5.82 Å². The van der Waals surface area contributed by atoms with Gasteiger partial charge in [-0.1, -0.05) is 6.07 Å². The molecule has 4 N–H and O–H groups in total. The maximum atomic E-state index is 12.5. The third-order valence-corrected chi connectivity index (χ3v) is 2.14. The minimum Gasteiger partial charge on any atom is -0.382 e. The van der Waals surface area contributed by atoms with E-state index in [4.69, 9.17) is 5.73 Å². The molecule has 0 atom stereocenters. The first-order valence-electron chi connectivity index (χ1n) is 4.70. The van der Waals surface area contributed by atoms with E-state index in [9.17, 15) is 13.2 Å². The van der Waals surface area contributed by atoms with Crippen LogP contribution in [0.2, 0.25) is 0 Å². The molecule has 90 valence electrons. The number of nitrogens with one attached hydrogen (secondary N) is 2. The molecule has 0 unspecified atom stereocenters. The van der Waals surface area contributed by atoms with Gasteiger partial charge in [0.25, 0.3) is 0 Å². The van der Waals surface area contributed by atoms with Crippen molar-refractivity contribution in [2.75, 3.05) is 11.1 Å². The number of benzene rings is 1. The van der Waals surface area contributed by atoms with Crippen LogP contribution in [0.15, 0.2) is 30.5 Å². The largest absolute Gasteiger partial charge is 0.416 e. The Morgan fingerprint density at radius 2 is 2.06 bits per heavy atom. The molecule has 0 bridgehead atoms. The average molecular weight is 242 g/mol. The monoisotopic (exact) mass is 242 g/mol. The summed E-state index contributed by atoms with van der Waals surface area (Å²) in [5.74, 6) is 0.266. The Balaban J connectivity index is 2.26. The summed E-state index contributed by atoms with van der Waals surface area (Å²) in [6.45, 7) is 0. The third kappa shape index (κ3) is 2.49. The Morgan fingerprint density at radius 3 is 2.65 bits per heavy atom. The first kappa shape index (κ1) is 11.3. The lowest BCUT2D eigenvalue weighted by atomic mass is 10.2. The van der Waals surface area contributed by atoms with Crippen molar-refractivity contribution in [3.63, 3.8) is 0 Å². The summed E-state index contributed by atoms with van der Waals surface area (Å²) in [4.78, 5) is 0. The van der Waals surface area contributed by atoms with Crippen LogP contribution in [0, 0.1) is 0 Å². The van der Waals surface area contributed by atoms with Gasteiger partial charge in [-0.25, -0.2) is 0 Å². The summed E-state index contributed by atoms with van der Waals surface area (Å²) in [5, 5.41) is 8.88. The van der Waals surface area contributed by atoms with Gasteiger partial charge in [0, 0.05) is 5.69 Å². The average Bonchev–Trinajstić information content (AvgIpc) is 2.64. The molecule has 0 aliphatic carbocycles. The molecule has 1 heterocycles. The molecule has 0 aliphatic heterocycles. The van der Waals surface area contributed by atoms with E-state index in [0.717, 1.165) is 12.1 Å². The molecular formula is C10H9F3N4. The molecule has 4 nitrogen and oxygen atoms in total. The Kier molecular flexibility index (Phi) is 2.66. The Bertz CT molecular complexity index is 518. The molecule has 7 heteroatoms. The van der Waals surface area contributed by atoms with Crippen molar-refractivity contribution >= 4 is 17.2 Å². The number of halogens is 3. The summed E-state index contributed by atoms with van der Waals surface area (Å²) in [6.07, 6.45) is -2.96. The zero-order valence-corrected chi connectivity index (χ0v) is 8.55. The van der Waals surface area contributed by atoms with Crippen LogP contribution in [0.4, 0.5) is 30.4 Å². The van der Waals surface area contributed by atoms with Crippen molar-refractivity contribution in [2.24, 2.45) is 0 Å². The number of aromatic amines is 1. The van der Waals surface area contributed by atoms with E-state index in [0.29, 0.717) is 11.4 Å². The number of hydrogen-bond acceptors (Lipinski definition) is 3. The van der Waals surface area contributed by atoms with Gasteiger partial charge in [0.15, 0.2) is 0 Å². The van der Waals surface area contributed by atoms with Crippen LogP contribution in [0.5, 0.6) is 0 Å². The summed E-state index contributed by atoms with van der Waals surface area (Å²) in [5.41, 5.74) is 5.53. The smallest absolute Gasteiger partial charge is 0.382 e. The van der Waals surface area contributed by atoms with E-state index < -0.39 is 11.7 Å². The van der Waals surface area contributed by atoms with Gasteiger partial charge in [0.05, 0.1) is 11.8 Å². The van der Waals surface area contributed by atoms with Gasteiger partial charge in [-0.15, -0.1) is 0 Å². The van der Waals surface area contributed by atoms with Gasteiger partial charge in [0.1, 0.15) is 11.5 Å². The zero-order valence-electron chi connectivity index (χ0n) is 8.55. The maximum Gasteiger partial charge on any atom is 0.416 e. The van der Waals surface area contributed by atoms with E-state index in [1.807, 2.05) is 0 Å². The molecule has 17 heavy (non-hydrogen) atoms. The van der Waals surface area contributed by atoms with Crippen LogP contribution in [0.25, 0.3) is 0 Å². The molecule has 2 rings (SSSR count). The number of rotatable bonds is 2. The van der Waals surface area contributed by atoms with E-state index >= 15 is 0 Å². The van der Waals surface area contributed by atoms with Gasteiger partial charge in [0.2, 0.25) is 0 Å². The molecule has 1 aromatic heterocycles. The van der Waals surface area contributed by atoms with Gasteiger partial charge >= 0.3 is 6.18 Å². The quantitative estimate of drug-likeness (QED) is 0.758. The lowest BCUT2D eigenvalue weighted by Crippen LogP contribution is -2.05. The lowest BCUT2D eigenvalue weighted by Gasteiger charge is -2.09. The molecule has 0 radical (unpaired) electrons. The lowest BCUT2D eigenvalue weighted by molar-refractivity contribution is -0.137. The highest BCUT2D eigenvalue weighted by Gasteiger charge is 2.30. The topological polar surface area (TPSA) is 66.7 Å². The highest BCUT2D eigenvalue weighted by Crippen LogP contribution is 2.31. The Hall–Kier alpha value is -2.18. The first-order valence-corrected chi connectivity index (χ1v) is 4.70. The molecule has 0 amide bonds. The van der Waals surface area contributed by atoms with Crippen molar-refractivity contribution in [3.05, 3.63) is 36.0 Å². The van der Waals surface area contributed by atoms with Crippen molar-refractivity contribution in [1.29, 1.82) is 0 Å². The first-order chi connectivity index (χ1) is 7.97. The van der Waals surface area contributed by atoms with E-state index in [1.165, 1.54) is 18.3 Å².